The molecule has 0 N–H and O–H groups in total. The standard InChI is InChI=1S/C12H18O4/c1-13-11-8-6-5-7-10(11)9-12(14-2,15-3)16-4/h5-8H,9H2,1-4H3. The Kier molecular flexibility index (Phi) is 4.73. The molecule has 4 nitrogen and oxygen atoms in total. The molecule has 1 rings (SSSR count). The minimum Gasteiger partial charge on any atom is -0.496 e. The second kappa shape index (κ2) is 5.84. The van der Waals surface area contributed by atoms with Crippen molar-refractivity contribution in [1.82, 2.24) is 0 Å². The minimum atomic E-state index is -1.06. The predicted molar refractivity (Wildman–Crippen MR) is 60.5 cm³/mol. The molecule has 0 radical (unpaired) electrons. The first-order chi connectivity index (χ1) is 7.71. The lowest BCUT2D eigenvalue weighted by atomic mass is 10.1. The van der Waals surface area contributed by atoms with Gasteiger partial charge in [-0.2, -0.15) is 0 Å². The van der Waals surface area contributed by atoms with Gasteiger partial charge in [-0.05, 0) is 6.07 Å². The van der Waals surface area contributed by atoms with E-state index in [0.29, 0.717) is 6.42 Å². The van der Waals surface area contributed by atoms with Gasteiger partial charge in [-0.25, -0.2) is 0 Å². The van der Waals surface area contributed by atoms with Gasteiger partial charge in [0.15, 0.2) is 0 Å². The van der Waals surface area contributed by atoms with E-state index in [1.54, 1.807) is 28.4 Å². The molecule has 16 heavy (non-hydrogen) atoms. The molecule has 0 aliphatic rings. The van der Waals surface area contributed by atoms with Crippen molar-refractivity contribution in [3.63, 3.8) is 0 Å². The van der Waals surface area contributed by atoms with Crippen molar-refractivity contribution in [3.8, 4) is 5.75 Å². The first-order valence-electron chi connectivity index (χ1n) is 4.98. The van der Waals surface area contributed by atoms with E-state index in [1.807, 2.05) is 24.3 Å². The van der Waals surface area contributed by atoms with Gasteiger partial charge in [-0.1, -0.05) is 18.2 Å². The van der Waals surface area contributed by atoms with Crippen LogP contribution in [0.1, 0.15) is 5.56 Å². The zero-order chi connectivity index (χ0) is 12.0. The van der Waals surface area contributed by atoms with Gasteiger partial charge in [0.1, 0.15) is 5.75 Å². The highest BCUT2D eigenvalue weighted by molar-refractivity contribution is 5.33. The highest BCUT2D eigenvalue weighted by Crippen LogP contribution is 2.25. The molecule has 0 fully saturated rings. The SMILES string of the molecule is COc1ccccc1CC(OC)(OC)OC. The summed E-state index contributed by atoms with van der Waals surface area (Å²) < 4.78 is 21.0. The van der Waals surface area contributed by atoms with Crippen LogP contribution in [0.2, 0.25) is 0 Å². The molecular weight excluding hydrogens is 208 g/mol. The van der Waals surface area contributed by atoms with Crippen LogP contribution in [0.25, 0.3) is 0 Å². The largest absolute Gasteiger partial charge is 0.496 e. The van der Waals surface area contributed by atoms with Crippen LogP contribution in [0, 0.1) is 0 Å². The minimum absolute atomic E-state index is 0.459. The maximum Gasteiger partial charge on any atom is 0.286 e. The Morgan fingerprint density at radius 2 is 1.50 bits per heavy atom. The Morgan fingerprint density at radius 1 is 0.938 bits per heavy atom. The Hall–Kier alpha value is -1.10. The molecule has 0 saturated carbocycles. The van der Waals surface area contributed by atoms with E-state index in [9.17, 15) is 0 Å². The summed E-state index contributed by atoms with van der Waals surface area (Å²) in [6, 6.07) is 7.69. The van der Waals surface area contributed by atoms with Crippen molar-refractivity contribution >= 4 is 0 Å². The van der Waals surface area contributed by atoms with E-state index in [0.717, 1.165) is 11.3 Å². The summed E-state index contributed by atoms with van der Waals surface area (Å²) in [6.07, 6.45) is 0.459. The normalized spacial score (nSPS) is 11.5. The van der Waals surface area contributed by atoms with Crippen LogP contribution in [0.15, 0.2) is 24.3 Å². The molecule has 0 aliphatic carbocycles. The number of hydrogen-bond acceptors (Lipinski definition) is 4. The number of rotatable bonds is 6. The van der Waals surface area contributed by atoms with E-state index >= 15 is 0 Å². The number of ether oxygens (including phenoxy) is 4. The average molecular weight is 226 g/mol. The van der Waals surface area contributed by atoms with Crippen LogP contribution in [0.4, 0.5) is 0 Å². The topological polar surface area (TPSA) is 36.9 Å². The number of hydrogen-bond donors (Lipinski definition) is 0. The zero-order valence-corrected chi connectivity index (χ0v) is 10.1. The highest BCUT2D eigenvalue weighted by Gasteiger charge is 2.31. The highest BCUT2D eigenvalue weighted by atomic mass is 16.9. The maximum absolute atomic E-state index is 5.26. The van der Waals surface area contributed by atoms with Crippen LogP contribution >= 0.6 is 0 Å². The number of benzene rings is 1. The van der Waals surface area contributed by atoms with Crippen LogP contribution in [-0.2, 0) is 20.6 Å². The van der Waals surface area contributed by atoms with Gasteiger partial charge in [0, 0.05) is 26.9 Å². The fourth-order valence-electron chi connectivity index (χ4n) is 1.55. The van der Waals surface area contributed by atoms with Gasteiger partial charge < -0.3 is 18.9 Å². The van der Waals surface area contributed by atoms with E-state index in [4.69, 9.17) is 18.9 Å². The van der Waals surface area contributed by atoms with Crippen LogP contribution < -0.4 is 4.74 Å². The molecule has 0 heterocycles. The second-order valence-electron chi connectivity index (χ2n) is 3.28. The summed E-state index contributed by atoms with van der Waals surface area (Å²) in [7, 11) is 6.26. The third-order valence-electron chi connectivity index (χ3n) is 2.53. The monoisotopic (exact) mass is 226 g/mol. The molecule has 0 bridgehead atoms. The Bertz CT molecular complexity index is 312. The molecule has 1 aromatic rings. The number of methoxy groups -OCH3 is 4. The molecule has 1 aromatic carbocycles. The fraction of sp³-hybridized carbons (Fsp3) is 0.500. The summed E-state index contributed by atoms with van der Waals surface area (Å²) in [6.45, 7) is 0. The molecule has 0 unspecified atom stereocenters. The summed E-state index contributed by atoms with van der Waals surface area (Å²) >= 11 is 0. The number of para-hydroxylation sites is 1. The lowest BCUT2D eigenvalue weighted by molar-refractivity contribution is -0.351. The molecule has 0 atom stereocenters. The van der Waals surface area contributed by atoms with Crippen molar-refractivity contribution in [2.24, 2.45) is 0 Å². The fourth-order valence-corrected chi connectivity index (χ4v) is 1.55. The quantitative estimate of drug-likeness (QED) is 0.693. The molecular formula is C12H18O4. The van der Waals surface area contributed by atoms with Gasteiger partial charge in [0.25, 0.3) is 5.97 Å². The van der Waals surface area contributed by atoms with Crippen molar-refractivity contribution < 1.29 is 18.9 Å². The van der Waals surface area contributed by atoms with Gasteiger partial charge in [0.2, 0.25) is 0 Å². The zero-order valence-electron chi connectivity index (χ0n) is 10.1. The molecule has 4 heteroatoms. The summed E-state index contributed by atoms with van der Waals surface area (Å²) in [5.74, 6) is -0.271. The van der Waals surface area contributed by atoms with Gasteiger partial charge in [-0.15, -0.1) is 0 Å². The molecule has 0 saturated heterocycles. The summed E-state index contributed by atoms with van der Waals surface area (Å²) in [5.41, 5.74) is 0.968. The Morgan fingerprint density at radius 3 is 2.00 bits per heavy atom. The maximum atomic E-state index is 5.26. The Labute approximate surface area is 96.1 Å². The average Bonchev–Trinajstić information content (AvgIpc) is 2.36. The first kappa shape index (κ1) is 13.0. The van der Waals surface area contributed by atoms with Crippen molar-refractivity contribution in [2.45, 2.75) is 12.4 Å². The third kappa shape index (κ3) is 2.72. The molecule has 0 aliphatic heterocycles. The molecule has 0 aromatic heterocycles. The van der Waals surface area contributed by atoms with Crippen molar-refractivity contribution in [3.05, 3.63) is 29.8 Å². The van der Waals surface area contributed by atoms with E-state index in [1.165, 1.54) is 0 Å². The molecule has 90 valence electrons. The lowest BCUT2D eigenvalue weighted by Gasteiger charge is -2.29. The van der Waals surface area contributed by atoms with Gasteiger partial charge in [-0.3, -0.25) is 0 Å². The van der Waals surface area contributed by atoms with Gasteiger partial charge >= 0.3 is 0 Å². The van der Waals surface area contributed by atoms with Crippen molar-refractivity contribution in [2.75, 3.05) is 28.4 Å². The summed E-state index contributed by atoms with van der Waals surface area (Å²) in [5, 5.41) is 0. The van der Waals surface area contributed by atoms with Crippen molar-refractivity contribution in [1.29, 1.82) is 0 Å². The van der Waals surface area contributed by atoms with Gasteiger partial charge in [0.05, 0.1) is 13.5 Å². The molecule has 0 amide bonds. The lowest BCUT2D eigenvalue weighted by Crippen LogP contribution is -2.38. The predicted octanol–water partition coefficient (Wildman–Crippen LogP) is 1.83. The van der Waals surface area contributed by atoms with Crippen LogP contribution in [0.3, 0.4) is 0 Å². The second-order valence-corrected chi connectivity index (χ2v) is 3.28. The van der Waals surface area contributed by atoms with Crippen LogP contribution in [0.5, 0.6) is 5.75 Å². The smallest absolute Gasteiger partial charge is 0.286 e. The Balaban J connectivity index is 2.93. The van der Waals surface area contributed by atoms with E-state index < -0.39 is 5.97 Å². The third-order valence-corrected chi connectivity index (χ3v) is 2.53. The molecule has 0 spiro atoms. The van der Waals surface area contributed by atoms with E-state index in [-0.39, 0.29) is 0 Å². The first-order valence-corrected chi connectivity index (χ1v) is 4.98. The summed E-state index contributed by atoms with van der Waals surface area (Å²) in [4.78, 5) is 0. The van der Waals surface area contributed by atoms with E-state index in [2.05, 4.69) is 0 Å². The van der Waals surface area contributed by atoms with Crippen LogP contribution in [-0.4, -0.2) is 34.4 Å².